The molecular weight excluding hydrogens is 348 g/mol. The Bertz CT molecular complexity index is 662. The molecule has 1 aliphatic rings. The molecule has 0 saturated carbocycles. The summed E-state index contributed by atoms with van der Waals surface area (Å²) >= 11 is 0. The van der Waals surface area contributed by atoms with Gasteiger partial charge in [0, 0.05) is 13.1 Å². The first kappa shape index (κ1) is 20.9. The Balaban J connectivity index is 1.96. The van der Waals surface area contributed by atoms with Crippen molar-refractivity contribution in [1.29, 1.82) is 0 Å². The number of aliphatic carboxylic acids is 1. The van der Waals surface area contributed by atoms with E-state index < -0.39 is 11.9 Å². The van der Waals surface area contributed by atoms with Crippen LogP contribution in [-0.2, 0) is 4.79 Å². The number of ether oxygens (including phenoxy) is 2. The summed E-state index contributed by atoms with van der Waals surface area (Å²) in [4.78, 5) is 25.0. The highest BCUT2D eigenvalue weighted by Gasteiger charge is 2.31. The van der Waals surface area contributed by atoms with E-state index in [2.05, 4.69) is 19.2 Å². The summed E-state index contributed by atoms with van der Waals surface area (Å²) in [6, 6.07) is 5.14. The van der Waals surface area contributed by atoms with Crippen molar-refractivity contribution >= 4 is 12.0 Å². The molecule has 27 heavy (non-hydrogen) atoms. The number of methoxy groups -OCH3 is 1. The fourth-order valence-electron chi connectivity index (χ4n) is 2.98. The molecule has 7 heteroatoms. The average molecular weight is 378 g/mol. The molecular formula is C20H30N2O5. The molecule has 1 aliphatic heterocycles. The number of benzene rings is 1. The number of nitrogens with zero attached hydrogens (tertiary/aromatic N) is 1. The summed E-state index contributed by atoms with van der Waals surface area (Å²) in [7, 11) is 1.59. The molecule has 0 radical (unpaired) electrons. The van der Waals surface area contributed by atoms with Crippen LogP contribution in [0.2, 0.25) is 0 Å². The summed E-state index contributed by atoms with van der Waals surface area (Å²) in [5.41, 5.74) is 0.894. The SMILES string of the molecule is COc1cc(C(C)NC(=O)N2CCC(C(=O)O)C2)ccc1OCCC(C)C. The average Bonchev–Trinajstić information content (AvgIpc) is 3.12. The zero-order valence-electron chi connectivity index (χ0n) is 16.5. The molecule has 2 atom stereocenters. The van der Waals surface area contributed by atoms with Crippen LogP contribution in [0.4, 0.5) is 4.79 Å². The molecule has 2 amide bonds. The van der Waals surface area contributed by atoms with E-state index in [-0.39, 0.29) is 18.6 Å². The Morgan fingerprint density at radius 3 is 2.63 bits per heavy atom. The van der Waals surface area contributed by atoms with E-state index in [1.807, 2.05) is 25.1 Å². The van der Waals surface area contributed by atoms with Crippen LogP contribution in [0.25, 0.3) is 0 Å². The first-order valence-corrected chi connectivity index (χ1v) is 9.40. The summed E-state index contributed by atoms with van der Waals surface area (Å²) in [6.07, 6.45) is 1.46. The summed E-state index contributed by atoms with van der Waals surface area (Å²) < 4.78 is 11.2. The molecule has 0 bridgehead atoms. The summed E-state index contributed by atoms with van der Waals surface area (Å²) in [5, 5.41) is 12.0. The van der Waals surface area contributed by atoms with Crippen LogP contribution in [0.5, 0.6) is 11.5 Å². The van der Waals surface area contributed by atoms with Crippen LogP contribution in [0.15, 0.2) is 18.2 Å². The van der Waals surface area contributed by atoms with Gasteiger partial charge >= 0.3 is 12.0 Å². The van der Waals surface area contributed by atoms with E-state index in [0.29, 0.717) is 37.0 Å². The molecule has 150 valence electrons. The number of carboxylic acids is 1. The Morgan fingerprint density at radius 1 is 1.30 bits per heavy atom. The number of rotatable bonds is 8. The molecule has 2 unspecified atom stereocenters. The van der Waals surface area contributed by atoms with Crippen molar-refractivity contribution in [3.8, 4) is 11.5 Å². The Morgan fingerprint density at radius 2 is 2.04 bits per heavy atom. The molecule has 1 aromatic rings. The van der Waals surface area contributed by atoms with Crippen LogP contribution < -0.4 is 14.8 Å². The fourth-order valence-corrected chi connectivity index (χ4v) is 2.98. The number of amides is 2. The van der Waals surface area contributed by atoms with Crippen LogP contribution in [0, 0.1) is 11.8 Å². The number of carbonyl (C=O) groups excluding carboxylic acids is 1. The van der Waals surface area contributed by atoms with Gasteiger partial charge in [-0.1, -0.05) is 19.9 Å². The van der Waals surface area contributed by atoms with Crippen LogP contribution in [0.1, 0.15) is 45.2 Å². The highest BCUT2D eigenvalue weighted by molar-refractivity contribution is 5.77. The van der Waals surface area contributed by atoms with Gasteiger partial charge in [-0.05, 0) is 43.4 Å². The summed E-state index contributed by atoms with van der Waals surface area (Å²) in [5.74, 6) is 0.551. The minimum Gasteiger partial charge on any atom is -0.493 e. The van der Waals surface area contributed by atoms with Crippen molar-refractivity contribution in [2.45, 2.75) is 39.7 Å². The number of likely N-dealkylation sites (tertiary alicyclic amines) is 1. The maximum Gasteiger partial charge on any atom is 0.317 e. The van der Waals surface area contributed by atoms with Crippen molar-refractivity contribution in [1.82, 2.24) is 10.2 Å². The zero-order chi connectivity index (χ0) is 20.0. The van der Waals surface area contributed by atoms with E-state index >= 15 is 0 Å². The molecule has 1 fully saturated rings. The van der Waals surface area contributed by atoms with Crippen molar-refractivity contribution in [3.05, 3.63) is 23.8 Å². The standard InChI is InChI=1S/C20H30N2O5/c1-13(2)8-10-27-17-6-5-15(11-18(17)26-4)14(3)21-20(25)22-9-7-16(12-22)19(23)24/h5-6,11,13-14,16H,7-10,12H2,1-4H3,(H,21,25)(H,23,24). The lowest BCUT2D eigenvalue weighted by molar-refractivity contribution is -0.141. The van der Waals surface area contributed by atoms with Gasteiger partial charge in [0.15, 0.2) is 11.5 Å². The van der Waals surface area contributed by atoms with Gasteiger partial charge in [0.25, 0.3) is 0 Å². The normalized spacial score (nSPS) is 17.7. The highest BCUT2D eigenvalue weighted by Crippen LogP contribution is 2.30. The van der Waals surface area contributed by atoms with E-state index in [9.17, 15) is 9.59 Å². The number of carboxylic acid groups (broad SMARTS) is 1. The van der Waals surface area contributed by atoms with Crippen molar-refractivity contribution in [3.63, 3.8) is 0 Å². The number of hydrogen-bond donors (Lipinski definition) is 2. The minimum absolute atomic E-state index is 0.236. The smallest absolute Gasteiger partial charge is 0.317 e. The van der Waals surface area contributed by atoms with Gasteiger partial charge in [-0.2, -0.15) is 0 Å². The molecule has 0 aliphatic carbocycles. The second kappa shape index (κ2) is 9.48. The van der Waals surface area contributed by atoms with Crippen LogP contribution in [0.3, 0.4) is 0 Å². The predicted octanol–water partition coefficient (Wildman–Crippen LogP) is 3.30. The van der Waals surface area contributed by atoms with Gasteiger partial charge < -0.3 is 24.8 Å². The highest BCUT2D eigenvalue weighted by atomic mass is 16.5. The Kier molecular flexibility index (Phi) is 7.33. The maximum atomic E-state index is 12.4. The molecule has 1 saturated heterocycles. The van der Waals surface area contributed by atoms with E-state index in [4.69, 9.17) is 14.6 Å². The van der Waals surface area contributed by atoms with Gasteiger partial charge in [0.2, 0.25) is 0 Å². The van der Waals surface area contributed by atoms with Gasteiger partial charge in [-0.25, -0.2) is 4.79 Å². The number of hydrogen-bond acceptors (Lipinski definition) is 4. The van der Waals surface area contributed by atoms with Crippen LogP contribution in [-0.4, -0.2) is 48.8 Å². The Labute approximate surface area is 160 Å². The van der Waals surface area contributed by atoms with E-state index in [1.54, 1.807) is 12.0 Å². The Hall–Kier alpha value is -2.44. The van der Waals surface area contributed by atoms with E-state index in [0.717, 1.165) is 12.0 Å². The number of nitrogens with one attached hydrogen (secondary N) is 1. The van der Waals surface area contributed by atoms with E-state index in [1.165, 1.54) is 0 Å². The molecule has 7 nitrogen and oxygen atoms in total. The maximum absolute atomic E-state index is 12.4. The molecule has 2 rings (SSSR count). The summed E-state index contributed by atoms with van der Waals surface area (Å²) in [6.45, 7) is 7.51. The van der Waals surface area contributed by atoms with Crippen molar-refractivity contribution in [2.75, 3.05) is 26.8 Å². The number of urea groups is 1. The zero-order valence-corrected chi connectivity index (χ0v) is 16.5. The third kappa shape index (κ3) is 5.77. The quantitative estimate of drug-likeness (QED) is 0.725. The molecule has 1 heterocycles. The lowest BCUT2D eigenvalue weighted by Gasteiger charge is -2.22. The molecule has 1 aromatic carbocycles. The minimum atomic E-state index is -0.851. The van der Waals surface area contributed by atoms with Gasteiger partial charge in [0.1, 0.15) is 0 Å². The fraction of sp³-hybridized carbons (Fsp3) is 0.600. The first-order valence-electron chi connectivity index (χ1n) is 9.40. The topological polar surface area (TPSA) is 88.1 Å². The van der Waals surface area contributed by atoms with Gasteiger partial charge in [-0.15, -0.1) is 0 Å². The third-order valence-corrected chi connectivity index (χ3v) is 4.81. The van der Waals surface area contributed by atoms with Gasteiger partial charge in [0.05, 0.1) is 25.7 Å². The lowest BCUT2D eigenvalue weighted by Crippen LogP contribution is -2.40. The molecule has 2 N–H and O–H groups in total. The predicted molar refractivity (Wildman–Crippen MR) is 102 cm³/mol. The van der Waals surface area contributed by atoms with Gasteiger partial charge in [-0.3, -0.25) is 4.79 Å². The second-order valence-corrected chi connectivity index (χ2v) is 7.38. The third-order valence-electron chi connectivity index (χ3n) is 4.81. The molecule has 0 aromatic heterocycles. The second-order valence-electron chi connectivity index (χ2n) is 7.38. The first-order chi connectivity index (χ1) is 12.8. The van der Waals surface area contributed by atoms with Crippen LogP contribution >= 0.6 is 0 Å². The van der Waals surface area contributed by atoms with Crippen molar-refractivity contribution < 1.29 is 24.2 Å². The van der Waals surface area contributed by atoms with Crippen molar-refractivity contribution in [2.24, 2.45) is 11.8 Å². The lowest BCUT2D eigenvalue weighted by atomic mass is 10.1. The monoisotopic (exact) mass is 378 g/mol. The number of carbonyl (C=O) groups is 2. The molecule has 0 spiro atoms. The largest absolute Gasteiger partial charge is 0.493 e.